The van der Waals surface area contributed by atoms with Gasteiger partial charge in [0.1, 0.15) is 0 Å². The summed E-state index contributed by atoms with van der Waals surface area (Å²) >= 11 is 1.62. The molecule has 0 bridgehead atoms. The molecule has 0 saturated carbocycles. The minimum absolute atomic E-state index is 0.955. The van der Waals surface area contributed by atoms with Crippen LogP contribution in [0.1, 0.15) is 12.5 Å². The van der Waals surface area contributed by atoms with Crippen LogP contribution in [0.2, 0.25) is 0 Å². The Morgan fingerprint density at radius 3 is 2.88 bits per heavy atom. The van der Waals surface area contributed by atoms with Crippen LogP contribution in [-0.2, 0) is 6.54 Å². The zero-order valence-electron chi connectivity index (χ0n) is 10.4. The Balaban J connectivity index is 2.39. The van der Waals surface area contributed by atoms with Gasteiger partial charge < -0.3 is 4.57 Å². The second-order valence-corrected chi connectivity index (χ2v) is 4.96. The Kier molecular flexibility index (Phi) is 3.86. The van der Waals surface area contributed by atoms with Gasteiger partial charge in [-0.25, -0.2) is 4.98 Å². The highest BCUT2D eigenvalue weighted by Gasteiger charge is 2.06. The smallest absolute Gasteiger partial charge is 0.0953 e. The molecule has 2 aromatic rings. The third kappa shape index (κ3) is 2.70. The van der Waals surface area contributed by atoms with Crippen molar-refractivity contribution in [3.8, 4) is 11.3 Å². The molecule has 0 spiro atoms. The van der Waals surface area contributed by atoms with Crippen LogP contribution < -0.4 is 4.72 Å². The normalized spacial score (nSPS) is 10.8. The summed E-state index contributed by atoms with van der Waals surface area (Å²) in [5.74, 6) is 0. The van der Waals surface area contributed by atoms with Gasteiger partial charge in [-0.15, -0.1) is 0 Å². The summed E-state index contributed by atoms with van der Waals surface area (Å²) < 4.78 is 5.18. The molecule has 4 heteroatoms. The molecule has 1 heterocycles. The van der Waals surface area contributed by atoms with Crippen LogP contribution in [-0.4, -0.2) is 16.6 Å². The van der Waals surface area contributed by atoms with Crippen LogP contribution >= 0.6 is 11.9 Å². The lowest BCUT2D eigenvalue weighted by Gasteiger charge is -2.06. The molecular weight excluding hydrogens is 230 g/mol. The van der Waals surface area contributed by atoms with E-state index in [1.54, 1.807) is 11.9 Å². The first-order valence-electron chi connectivity index (χ1n) is 5.71. The third-order valence-electron chi connectivity index (χ3n) is 2.70. The van der Waals surface area contributed by atoms with E-state index in [4.69, 9.17) is 0 Å². The molecule has 0 atom stereocenters. The molecule has 0 aliphatic carbocycles. The lowest BCUT2D eigenvalue weighted by molar-refractivity contribution is 0.762. The van der Waals surface area contributed by atoms with Gasteiger partial charge in [0.2, 0.25) is 0 Å². The third-order valence-corrected chi connectivity index (χ3v) is 3.40. The van der Waals surface area contributed by atoms with Crippen LogP contribution in [0, 0.1) is 6.92 Å². The SMILES string of the molecule is CCn1cnc(-c2cc(SNC)ccc2C)c1. The zero-order valence-corrected chi connectivity index (χ0v) is 11.2. The van der Waals surface area contributed by atoms with Crippen LogP contribution in [0.3, 0.4) is 0 Å². The second-order valence-electron chi connectivity index (χ2n) is 3.87. The number of nitrogens with one attached hydrogen (secondary N) is 1. The molecule has 17 heavy (non-hydrogen) atoms. The van der Waals surface area contributed by atoms with Gasteiger partial charge in [-0.2, -0.15) is 0 Å². The lowest BCUT2D eigenvalue weighted by atomic mass is 10.1. The highest BCUT2D eigenvalue weighted by Crippen LogP contribution is 2.26. The van der Waals surface area contributed by atoms with Crippen molar-refractivity contribution in [3.05, 3.63) is 36.3 Å². The Bertz CT molecular complexity index is 505. The molecule has 1 aromatic carbocycles. The minimum atomic E-state index is 0.955. The topological polar surface area (TPSA) is 29.9 Å². The fourth-order valence-electron chi connectivity index (χ4n) is 1.73. The van der Waals surface area contributed by atoms with Crippen LogP contribution in [0.25, 0.3) is 11.3 Å². The van der Waals surface area contributed by atoms with Crippen molar-refractivity contribution < 1.29 is 0 Å². The molecule has 0 aliphatic heterocycles. The molecule has 2 rings (SSSR count). The van der Waals surface area contributed by atoms with Gasteiger partial charge in [-0.1, -0.05) is 6.07 Å². The molecule has 1 aromatic heterocycles. The fourth-order valence-corrected chi connectivity index (χ4v) is 2.28. The van der Waals surface area contributed by atoms with Crippen molar-refractivity contribution in [1.29, 1.82) is 0 Å². The maximum atomic E-state index is 4.45. The Morgan fingerprint density at radius 2 is 2.24 bits per heavy atom. The molecule has 0 radical (unpaired) electrons. The maximum Gasteiger partial charge on any atom is 0.0953 e. The van der Waals surface area contributed by atoms with Gasteiger partial charge >= 0.3 is 0 Å². The summed E-state index contributed by atoms with van der Waals surface area (Å²) in [6.45, 7) is 5.19. The van der Waals surface area contributed by atoms with Gasteiger partial charge in [0.05, 0.1) is 12.0 Å². The van der Waals surface area contributed by atoms with Crippen LogP contribution in [0.4, 0.5) is 0 Å². The number of hydrogen-bond donors (Lipinski definition) is 1. The van der Waals surface area contributed by atoms with E-state index < -0.39 is 0 Å². The average Bonchev–Trinajstić information content (AvgIpc) is 2.80. The monoisotopic (exact) mass is 247 g/mol. The summed E-state index contributed by atoms with van der Waals surface area (Å²) in [6, 6.07) is 6.44. The van der Waals surface area contributed by atoms with E-state index in [1.807, 2.05) is 13.4 Å². The van der Waals surface area contributed by atoms with E-state index in [1.165, 1.54) is 16.0 Å². The van der Waals surface area contributed by atoms with E-state index in [-0.39, 0.29) is 0 Å². The first-order chi connectivity index (χ1) is 8.24. The summed E-state index contributed by atoms with van der Waals surface area (Å²) in [4.78, 5) is 5.66. The van der Waals surface area contributed by atoms with Crippen molar-refractivity contribution in [2.45, 2.75) is 25.3 Å². The Labute approximate surface area is 106 Å². The molecule has 0 aliphatic rings. The Morgan fingerprint density at radius 1 is 1.41 bits per heavy atom. The number of imidazole rings is 1. The minimum Gasteiger partial charge on any atom is -0.337 e. The molecule has 0 amide bonds. The first-order valence-corrected chi connectivity index (χ1v) is 6.52. The number of aromatic nitrogens is 2. The maximum absolute atomic E-state index is 4.45. The zero-order chi connectivity index (χ0) is 12.3. The summed E-state index contributed by atoms with van der Waals surface area (Å²) in [6.07, 6.45) is 3.98. The van der Waals surface area contributed by atoms with E-state index in [9.17, 15) is 0 Å². The predicted molar refractivity (Wildman–Crippen MR) is 73.0 cm³/mol. The standard InChI is InChI=1S/C13H17N3S/c1-4-16-8-13(15-9-16)12-7-11(17-14-3)6-5-10(12)2/h5-9,14H,4H2,1-3H3. The van der Waals surface area contributed by atoms with E-state index in [0.717, 1.165) is 12.2 Å². The van der Waals surface area contributed by atoms with Crippen molar-refractivity contribution in [1.82, 2.24) is 14.3 Å². The number of aryl methyl sites for hydroxylation is 2. The quantitative estimate of drug-likeness (QED) is 0.842. The molecular formula is C13H17N3S. The van der Waals surface area contributed by atoms with Gasteiger partial charge in [0, 0.05) is 23.2 Å². The highest BCUT2D eigenvalue weighted by atomic mass is 32.2. The average molecular weight is 247 g/mol. The van der Waals surface area contributed by atoms with Gasteiger partial charge in [-0.05, 0) is 50.5 Å². The fraction of sp³-hybridized carbons (Fsp3) is 0.308. The van der Waals surface area contributed by atoms with Crippen molar-refractivity contribution in [2.24, 2.45) is 0 Å². The van der Waals surface area contributed by atoms with Gasteiger partial charge in [-0.3, -0.25) is 4.72 Å². The van der Waals surface area contributed by atoms with Crippen molar-refractivity contribution in [3.63, 3.8) is 0 Å². The number of rotatable bonds is 4. The number of nitrogens with zero attached hydrogens (tertiary/aromatic N) is 2. The van der Waals surface area contributed by atoms with E-state index in [2.05, 4.69) is 52.5 Å². The highest BCUT2D eigenvalue weighted by molar-refractivity contribution is 7.97. The Hall–Kier alpha value is -1.26. The molecule has 3 nitrogen and oxygen atoms in total. The number of benzene rings is 1. The first kappa shape index (κ1) is 12.2. The van der Waals surface area contributed by atoms with Crippen LogP contribution in [0.15, 0.2) is 35.6 Å². The molecule has 0 fully saturated rings. The van der Waals surface area contributed by atoms with Crippen molar-refractivity contribution in [2.75, 3.05) is 7.05 Å². The second kappa shape index (κ2) is 5.38. The molecule has 1 N–H and O–H groups in total. The van der Waals surface area contributed by atoms with Crippen molar-refractivity contribution >= 4 is 11.9 Å². The predicted octanol–water partition coefficient (Wildman–Crippen LogP) is 3.10. The van der Waals surface area contributed by atoms with Gasteiger partial charge in [0.25, 0.3) is 0 Å². The molecule has 0 saturated heterocycles. The van der Waals surface area contributed by atoms with E-state index in [0.29, 0.717) is 0 Å². The number of hydrogen-bond acceptors (Lipinski definition) is 3. The summed E-state index contributed by atoms with van der Waals surface area (Å²) in [5.41, 5.74) is 3.51. The summed E-state index contributed by atoms with van der Waals surface area (Å²) in [5, 5.41) is 0. The summed E-state index contributed by atoms with van der Waals surface area (Å²) in [7, 11) is 1.93. The van der Waals surface area contributed by atoms with Crippen LogP contribution in [0.5, 0.6) is 0 Å². The molecule has 90 valence electrons. The largest absolute Gasteiger partial charge is 0.337 e. The lowest BCUT2D eigenvalue weighted by Crippen LogP contribution is -1.92. The molecule has 0 unspecified atom stereocenters. The van der Waals surface area contributed by atoms with E-state index >= 15 is 0 Å². The van der Waals surface area contributed by atoms with Gasteiger partial charge in [0.15, 0.2) is 0 Å².